The number of carbonyl (C=O) groups excluding carboxylic acids is 3. The third-order valence-electron chi connectivity index (χ3n) is 4.12. The van der Waals surface area contributed by atoms with Gasteiger partial charge in [-0.25, -0.2) is 4.79 Å². The monoisotopic (exact) mass is 350 g/mol. The number of nitrogens with one attached hydrogen (secondary N) is 2. The van der Waals surface area contributed by atoms with Crippen molar-refractivity contribution in [3.05, 3.63) is 0 Å². The second kappa shape index (κ2) is 11.2. The van der Waals surface area contributed by atoms with Crippen LogP contribution in [0.15, 0.2) is 0 Å². The first-order valence-corrected chi connectivity index (χ1v) is 7.62. The Hall–Kier alpha value is -1.34. The molecule has 134 valence electrons. The summed E-state index contributed by atoms with van der Waals surface area (Å²) in [5.74, 6) is -0.719. The van der Waals surface area contributed by atoms with Gasteiger partial charge >= 0.3 is 11.9 Å². The van der Waals surface area contributed by atoms with Crippen molar-refractivity contribution >= 4 is 30.3 Å². The Morgan fingerprint density at radius 1 is 1.13 bits per heavy atom. The maximum absolute atomic E-state index is 12.1. The number of rotatable bonds is 7. The fourth-order valence-corrected chi connectivity index (χ4v) is 2.71. The van der Waals surface area contributed by atoms with Gasteiger partial charge in [0.2, 0.25) is 5.91 Å². The van der Waals surface area contributed by atoms with Crippen LogP contribution < -0.4 is 10.6 Å². The summed E-state index contributed by atoms with van der Waals surface area (Å²) in [5.41, 5.74) is 0. The van der Waals surface area contributed by atoms with E-state index in [0.717, 1.165) is 25.9 Å². The first kappa shape index (κ1) is 21.7. The van der Waals surface area contributed by atoms with Crippen molar-refractivity contribution in [2.75, 3.05) is 27.3 Å². The number of esters is 2. The molecule has 0 radical (unpaired) electrons. The summed E-state index contributed by atoms with van der Waals surface area (Å²) in [7, 11) is 2.45. The van der Waals surface area contributed by atoms with E-state index >= 15 is 0 Å². The normalized spacial score (nSPS) is 17.3. The number of piperidine rings is 1. The number of carbonyl (C=O) groups is 3. The van der Waals surface area contributed by atoms with Crippen LogP contribution in [0.3, 0.4) is 0 Å². The van der Waals surface area contributed by atoms with Crippen LogP contribution in [0, 0.1) is 11.8 Å². The number of amides is 1. The second-order valence-corrected chi connectivity index (χ2v) is 5.69. The molecular weight excluding hydrogens is 324 g/mol. The largest absolute Gasteiger partial charge is 0.469 e. The molecule has 23 heavy (non-hydrogen) atoms. The van der Waals surface area contributed by atoms with Crippen molar-refractivity contribution in [3.8, 4) is 0 Å². The molecule has 0 aromatic heterocycles. The van der Waals surface area contributed by atoms with Gasteiger partial charge in [-0.05, 0) is 37.8 Å². The molecule has 1 rings (SSSR count). The van der Waals surface area contributed by atoms with E-state index < -0.39 is 18.0 Å². The number of halogens is 1. The average molecular weight is 351 g/mol. The molecule has 0 aromatic rings. The highest BCUT2D eigenvalue weighted by Crippen LogP contribution is 2.24. The SMILES string of the molecule is COC(=O)CC(NC(=O)CC(C)C1CCNCC1)C(=O)OC.Cl. The molecule has 1 amide bonds. The molecule has 8 heteroatoms. The minimum atomic E-state index is -0.995. The lowest BCUT2D eigenvalue weighted by molar-refractivity contribution is -0.150. The van der Waals surface area contributed by atoms with Gasteiger partial charge in [0.05, 0.1) is 20.6 Å². The maximum Gasteiger partial charge on any atom is 0.328 e. The van der Waals surface area contributed by atoms with Crippen molar-refractivity contribution in [3.63, 3.8) is 0 Å². The molecular formula is C15H27ClN2O5. The van der Waals surface area contributed by atoms with Gasteiger partial charge in [-0.2, -0.15) is 0 Å². The highest BCUT2D eigenvalue weighted by Gasteiger charge is 2.27. The Bertz CT molecular complexity index is 399. The number of methoxy groups -OCH3 is 2. The fourth-order valence-electron chi connectivity index (χ4n) is 2.71. The Morgan fingerprint density at radius 3 is 2.26 bits per heavy atom. The van der Waals surface area contributed by atoms with Gasteiger partial charge in [0, 0.05) is 6.42 Å². The van der Waals surface area contributed by atoms with Crippen molar-refractivity contribution in [1.82, 2.24) is 10.6 Å². The van der Waals surface area contributed by atoms with Gasteiger partial charge < -0.3 is 20.1 Å². The number of ether oxygens (including phenoxy) is 2. The average Bonchev–Trinajstić information content (AvgIpc) is 2.53. The quantitative estimate of drug-likeness (QED) is 0.655. The minimum Gasteiger partial charge on any atom is -0.469 e. The number of hydrogen-bond acceptors (Lipinski definition) is 6. The third kappa shape index (κ3) is 7.65. The van der Waals surface area contributed by atoms with E-state index in [4.69, 9.17) is 0 Å². The smallest absolute Gasteiger partial charge is 0.328 e. The molecule has 1 heterocycles. The molecule has 7 nitrogen and oxygen atoms in total. The van der Waals surface area contributed by atoms with Crippen LogP contribution in [-0.4, -0.2) is 51.2 Å². The van der Waals surface area contributed by atoms with E-state index in [-0.39, 0.29) is 30.7 Å². The van der Waals surface area contributed by atoms with Gasteiger partial charge in [0.1, 0.15) is 6.04 Å². The van der Waals surface area contributed by atoms with E-state index in [0.29, 0.717) is 12.3 Å². The molecule has 1 fully saturated rings. The van der Waals surface area contributed by atoms with E-state index in [1.807, 2.05) is 6.92 Å². The summed E-state index contributed by atoms with van der Waals surface area (Å²) < 4.78 is 9.14. The van der Waals surface area contributed by atoms with Crippen molar-refractivity contribution in [1.29, 1.82) is 0 Å². The molecule has 0 saturated carbocycles. The Labute approximate surface area is 143 Å². The molecule has 0 aromatic carbocycles. The van der Waals surface area contributed by atoms with Gasteiger partial charge in [-0.15, -0.1) is 12.4 Å². The van der Waals surface area contributed by atoms with Gasteiger partial charge in [0.25, 0.3) is 0 Å². The summed E-state index contributed by atoms with van der Waals surface area (Å²) in [6.07, 6.45) is 2.21. The van der Waals surface area contributed by atoms with Crippen LogP contribution in [0.2, 0.25) is 0 Å². The van der Waals surface area contributed by atoms with Crippen LogP contribution in [0.1, 0.15) is 32.6 Å². The van der Waals surface area contributed by atoms with Gasteiger partial charge in [0.15, 0.2) is 0 Å². The third-order valence-corrected chi connectivity index (χ3v) is 4.12. The first-order chi connectivity index (χ1) is 10.5. The van der Waals surface area contributed by atoms with E-state index in [1.165, 1.54) is 14.2 Å². The molecule has 1 aliphatic rings. The van der Waals surface area contributed by atoms with Gasteiger partial charge in [-0.3, -0.25) is 9.59 Å². The highest BCUT2D eigenvalue weighted by atomic mass is 35.5. The maximum atomic E-state index is 12.1. The van der Waals surface area contributed by atoms with Crippen LogP contribution in [0.5, 0.6) is 0 Å². The van der Waals surface area contributed by atoms with Crippen molar-refractivity contribution in [2.45, 2.75) is 38.6 Å². The Balaban J connectivity index is 0.00000484. The Morgan fingerprint density at radius 2 is 1.74 bits per heavy atom. The van der Waals surface area contributed by atoms with Crippen molar-refractivity contribution < 1.29 is 23.9 Å². The minimum absolute atomic E-state index is 0. The fraction of sp³-hybridized carbons (Fsp3) is 0.800. The van der Waals surface area contributed by atoms with E-state index in [2.05, 4.69) is 20.1 Å². The summed E-state index contributed by atoms with van der Waals surface area (Å²) in [4.78, 5) is 35.0. The second-order valence-electron chi connectivity index (χ2n) is 5.69. The lowest BCUT2D eigenvalue weighted by Gasteiger charge is -2.28. The first-order valence-electron chi connectivity index (χ1n) is 7.62. The van der Waals surface area contributed by atoms with Crippen LogP contribution >= 0.6 is 12.4 Å². The van der Waals surface area contributed by atoms with Crippen LogP contribution in [0.25, 0.3) is 0 Å². The zero-order chi connectivity index (χ0) is 16.5. The molecule has 2 N–H and O–H groups in total. The summed E-state index contributed by atoms with van der Waals surface area (Å²) >= 11 is 0. The van der Waals surface area contributed by atoms with Crippen LogP contribution in [-0.2, 0) is 23.9 Å². The molecule has 2 atom stereocenters. The van der Waals surface area contributed by atoms with E-state index in [1.54, 1.807) is 0 Å². The molecule has 1 saturated heterocycles. The number of hydrogen-bond donors (Lipinski definition) is 2. The zero-order valence-electron chi connectivity index (χ0n) is 13.9. The van der Waals surface area contributed by atoms with Crippen LogP contribution in [0.4, 0.5) is 0 Å². The topological polar surface area (TPSA) is 93.7 Å². The lowest BCUT2D eigenvalue weighted by atomic mass is 9.84. The molecule has 1 aliphatic heterocycles. The molecule has 0 spiro atoms. The summed E-state index contributed by atoms with van der Waals surface area (Å²) in [5, 5.41) is 5.87. The van der Waals surface area contributed by atoms with E-state index in [9.17, 15) is 14.4 Å². The lowest BCUT2D eigenvalue weighted by Crippen LogP contribution is -2.44. The molecule has 2 unspecified atom stereocenters. The predicted molar refractivity (Wildman–Crippen MR) is 87.2 cm³/mol. The standard InChI is InChI=1S/C15H26N2O5.ClH/c1-10(11-4-6-16-7-5-11)8-13(18)17-12(15(20)22-3)9-14(19)21-2;/h10-12,16H,4-9H2,1-3H3,(H,17,18);1H. The summed E-state index contributed by atoms with van der Waals surface area (Å²) in [6, 6.07) is -0.995. The molecule has 0 bridgehead atoms. The highest BCUT2D eigenvalue weighted by molar-refractivity contribution is 5.88. The Kier molecular flexibility index (Phi) is 10.6. The van der Waals surface area contributed by atoms with Gasteiger partial charge in [-0.1, -0.05) is 6.92 Å². The summed E-state index contributed by atoms with van der Waals surface area (Å²) in [6.45, 7) is 4.00. The molecule has 0 aliphatic carbocycles. The zero-order valence-corrected chi connectivity index (χ0v) is 14.7. The van der Waals surface area contributed by atoms with Crippen molar-refractivity contribution in [2.24, 2.45) is 11.8 Å². The predicted octanol–water partition coefficient (Wildman–Crippen LogP) is 0.655.